The third-order valence-electron chi connectivity index (χ3n) is 3.64. The van der Waals surface area contributed by atoms with Crippen LogP contribution in [0.15, 0.2) is 54.7 Å². The Morgan fingerprint density at radius 3 is 2.79 bits per heavy atom. The lowest BCUT2D eigenvalue weighted by molar-refractivity contribution is 0.0600. The van der Waals surface area contributed by atoms with Crippen molar-refractivity contribution in [2.45, 2.75) is 6.54 Å². The van der Waals surface area contributed by atoms with Crippen molar-refractivity contribution in [3.63, 3.8) is 0 Å². The Kier molecular flexibility index (Phi) is 4.47. The number of carbonyl (C=O) groups is 2. The van der Waals surface area contributed by atoms with Crippen LogP contribution in [0.3, 0.4) is 0 Å². The van der Waals surface area contributed by atoms with Gasteiger partial charge in [0.1, 0.15) is 0 Å². The molecule has 0 saturated heterocycles. The molecule has 0 atom stereocenters. The summed E-state index contributed by atoms with van der Waals surface area (Å²) in [4.78, 5) is 26.7. The maximum Gasteiger partial charge on any atom is 0.337 e. The van der Waals surface area contributed by atoms with Gasteiger partial charge in [-0.05, 0) is 35.9 Å². The Morgan fingerprint density at radius 2 is 1.96 bits per heavy atom. The molecule has 0 radical (unpaired) electrons. The average molecular weight is 323 g/mol. The molecule has 0 aliphatic rings. The molecule has 1 aromatic heterocycles. The number of H-pyrrole nitrogens is 1. The largest absolute Gasteiger partial charge is 0.465 e. The van der Waals surface area contributed by atoms with Crippen molar-refractivity contribution in [1.29, 1.82) is 0 Å². The zero-order chi connectivity index (χ0) is 16.9. The molecule has 1 heterocycles. The van der Waals surface area contributed by atoms with E-state index in [1.54, 1.807) is 18.2 Å². The summed E-state index contributed by atoms with van der Waals surface area (Å²) in [6.07, 6.45) is 1.83. The molecule has 3 aromatic rings. The first-order valence-electron chi connectivity index (χ1n) is 7.45. The van der Waals surface area contributed by atoms with Gasteiger partial charge in [-0.2, -0.15) is 0 Å². The minimum absolute atomic E-state index is 0.305. The molecule has 2 amide bonds. The fourth-order valence-electron chi connectivity index (χ4n) is 2.47. The summed E-state index contributed by atoms with van der Waals surface area (Å²) in [5.41, 5.74) is 2.95. The average Bonchev–Trinajstić information content (AvgIpc) is 3.09. The van der Waals surface area contributed by atoms with Crippen molar-refractivity contribution in [1.82, 2.24) is 10.3 Å². The normalized spacial score (nSPS) is 10.4. The van der Waals surface area contributed by atoms with Crippen LogP contribution in [0.2, 0.25) is 0 Å². The second-order valence-corrected chi connectivity index (χ2v) is 5.24. The van der Waals surface area contributed by atoms with Crippen LogP contribution in [-0.2, 0) is 11.3 Å². The van der Waals surface area contributed by atoms with E-state index in [4.69, 9.17) is 0 Å². The number of urea groups is 1. The van der Waals surface area contributed by atoms with Crippen LogP contribution in [-0.4, -0.2) is 24.1 Å². The zero-order valence-electron chi connectivity index (χ0n) is 13.1. The number of ether oxygens (including phenoxy) is 1. The van der Waals surface area contributed by atoms with Crippen LogP contribution in [0.4, 0.5) is 10.5 Å². The van der Waals surface area contributed by atoms with Crippen LogP contribution in [0.1, 0.15) is 15.9 Å². The molecule has 24 heavy (non-hydrogen) atoms. The van der Waals surface area contributed by atoms with Gasteiger partial charge in [0, 0.05) is 23.6 Å². The third-order valence-corrected chi connectivity index (χ3v) is 3.64. The van der Waals surface area contributed by atoms with E-state index in [9.17, 15) is 9.59 Å². The molecule has 0 bridgehead atoms. The number of methoxy groups -OCH3 is 1. The van der Waals surface area contributed by atoms with Crippen molar-refractivity contribution in [3.05, 3.63) is 65.9 Å². The van der Waals surface area contributed by atoms with E-state index in [1.165, 1.54) is 7.11 Å². The minimum atomic E-state index is -0.402. The van der Waals surface area contributed by atoms with Gasteiger partial charge in [-0.3, -0.25) is 0 Å². The standard InChI is InChI=1S/C18H17N3O3/c1-24-17(22)13-5-2-4-12(10-13)11-20-18(23)21-16-7-3-6-15-14(16)8-9-19-15/h2-10,19H,11H2,1H3,(H2,20,21,23). The number of hydrogen-bond acceptors (Lipinski definition) is 3. The number of carbonyl (C=O) groups excluding carboxylic acids is 2. The highest BCUT2D eigenvalue weighted by Gasteiger charge is 2.08. The number of rotatable bonds is 4. The Hall–Kier alpha value is -3.28. The number of benzene rings is 2. The van der Waals surface area contributed by atoms with E-state index in [0.717, 1.165) is 22.2 Å². The molecule has 0 fully saturated rings. The van der Waals surface area contributed by atoms with Crippen LogP contribution < -0.4 is 10.6 Å². The maximum atomic E-state index is 12.1. The maximum absolute atomic E-state index is 12.1. The molecule has 122 valence electrons. The summed E-state index contributed by atoms with van der Waals surface area (Å²) in [6, 6.07) is 14.2. The fourth-order valence-corrected chi connectivity index (χ4v) is 2.47. The Bertz CT molecular complexity index is 886. The van der Waals surface area contributed by atoms with Gasteiger partial charge in [0.2, 0.25) is 0 Å². The zero-order valence-corrected chi connectivity index (χ0v) is 13.1. The molecule has 0 saturated carbocycles. The predicted molar refractivity (Wildman–Crippen MR) is 91.9 cm³/mol. The number of hydrogen-bond donors (Lipinski definition) is 3. The molecule has 3 N–H and O–H groups in total. The van der Waals surface area contributed by atoms with Gasteiger partial charge in [0.25, 0.3) is 0 Å². The monoisotopic (exact) mass is 323 g/mol. The first kappa shape index (κ1) is 15.6. The lowest BCUT2D eigenvalue weighted by Gasteiger charge is -2.09. The molecule has 0 aliphatic carbocycles. The van der Waals surface area contributed by atoms with Gasteiger partial charge in [-0.15, -0.1) is 0 Å². The van der Waals surface area contributed by atoms with Crippen molar-refractivity contribution >= 4 is 28.6 Å². The molecule has 6 heteroatoms. The van der Waals surface area contributed by atoms with Crippen LogP contribution >= 0.6 is 0 Å². The Labute approximate surface area is 138 Å². The highest BCUT2D eigenvalue weighted by molar-refractivity contribution is 6.00. The Morgan fingerprint density at radius 1 is 1.12 bits per heavy atom. The molecular weight excluding hydrogens is 306 g/mol. The number of esters is 1. The van der Waals surface area contributed by atoms with Crippen LogP contribution in [0.5, 0.6) is 0 Å². The van der Waals surface area contributed by atoms with Gasteiger partial charge in [-0.25, -0.2) is 9.59 Å². The molecule has 2 aromatic carbocycles. The van der Waals surface area contributed by atoms with Gasteiger partial charge < -0.3 is 20.4 Å². The minimum Gasteiger partial charge on any atom is -0.465 e. The lowest BCUT2D eigenvalue weighted by Crippen LogP contribution is -2.28. The Balaban J connectivity index is 1.64. The van der Waals surface area contributed by atoms with Crippen molar-refractivity contribution < 1.29 is 14.3 Å². The summed E-state index contributed by atoms with van der Waals surface area (Å²) in [7, 11) is 1.34. The summed E-state index contributed by atoms with van der Waals surface area (Å²) in [5.74, 6) is -0.402. The summed E-state index contributed by atoms with van der Waals surface area (Å²) < 4.78 is 4.69. The number of aromatic amines is 1. The first-order valence-corrected chi connectivity index (χ1v) is 7.45. The van der Waals surface area contributed by atoms with Crippen molar-refractivity contribution in [3.8, 4) is 0 Å². The van der Waals surface area contributed by atoms with Crippen molar-refractivity contribution in [2.75, 3.05) is 12.4 Å². The molecular formula is C18H17N3O3. The second-order valence-electron chi connectivity index (χ2n) is 5.24. The van der Waals surface area contributed by atoms with E-state index >= 15 is 0 Å². The highest BCUT2D eigenvalue weighted by atomic mass is 16.5. The van der Waals surface area contributed by atoms with Crippen LogP contribution in [0, 0.1) is 0 Å². The molecule has 3 rings (SSSR count). The van der Waals surface area contributed by atoms with E-state index < -0.39 is 5.97 Å². The topological polar surface area (TPSA) is 83.2 Å². The smallest absolute Gasteiger partial charge is 0.337 e. The van der Waals surface area contributed by atoms with Crippen molar-refractivity contribution in [2.24, 2.45) is 0 Å². The van der Waals surface area contributed by atoms with E-state index in [1.807, 2.05) is 36.5 Å². The quantitative estimate of drug-likeness (QED) is 0.644. The number of nitrogens with one attached hydrogen (secondary N) is 3. The fraction of sp³-hybridized carbons (Fsp3) is 0.111. The van der Waals surface area contributed by atoms with Gasteiger partial charge in [-0.1, -0.05) is 18.2 Å². The molecule has 0 unspecified atom stereocenters. The predicted octanol–water partition coefficient (Wildman–Crippen LogP) is 3.28. The SMILES string of the molecule is COC(=O)c1cccc(CNC(=O)Nc2cccc3[nH]ccc23)c1. The number of anilines is 1. The first-order chi connectivity index (χ1) is 11.7. The molecule has 6 nitrogen and oxygen atoms in total. The summed E-state index contributed by atoms with van der Waals surface area (Å²) in [6.45, 7) is 0.305. The lowest BCUT2D eigenvalue weighted by atomic mass is 10.1. The number of aromatic nitrogens is 1. The summed E-state index contributed by atoms with van der Waals surface area (Å²) in [5, 5.41) is 6.55. The van der Waals surface area contributed by atoms with Gasteiger partial charge >= 0.3 is 12.0 Å². The summed E-state index contributed by atoms with van der Waals surface area (Å²) >= 11 is 0. The number of fused-ring (bicyclic) bond motifs is 1. The highest BCUT2D eigenvalue weighted by Crippen LogP contribution is 2.21. The molecule has 0 spiro atoms. The van der Waals surface area contributed by atoms with E-state index in [0.29, 0.717) is 12.1 Å². The molecule has 0 aliphatic heterocycles. The second kappa shape index (κ2) is 6.87. The van der Waals surface area contributed by atoms with E-state index in [2.05, 4.69) is 20.4 Å². The van der Waals surface area contributed by atoms with Crippen LogP contribution in [0.25, 0.3) is 10.9 Å². The van der Waals surface area contributed by atoms with E-state index in [-0.39, 0.29) is 6.03 Å². The third kappa shape index (κ3) is 3.38. The number of amides is 2. The van der Waals surface area contributed by atoms with Gasteiger partial charge in [0.15, 0.2) is 0 Å². The van der Waals surface area contributed by atoms with Gasteiger partial charge in [0.05, 0.1) is 18.4 Å².